The number of hydrogen-bond acceptors (Lipinski definition) is 8. The molecule has 0 spiro atoms. The number of hydrogen-bond donors (Lipinski definition) is 6. The fourth-order valence-electron chi connectivity index (χ4n) is 1.56. The van der Waals surface area contributed by atoms with Gasteiger partial charge in [0.25, 0.3) is 0 Å². The molecule has 1 atom stereocenters. The van der Waals surface area contributed by atoms with Gasteiger partial charge in [-0.05, 0) is 6.08 Å². The van der Waals surface area contributed by atoms with Crippen molar-refractivity contribution in [3.8, 4) is 0 Å². The van der Waals surface area contributed by atoms with E-state index in [0.29, 0.717) is 0 Å². The molecule has 8 heteroatoms. The molecule has 8 nitrogen and oxygen atoms in total. The van der Waals surface area contributed by atoms with Gasteiger partial charge in [-0.25, -0.2) is 0 Å². The van der Waals surface area contributed by atoms with Crippen LogP contribution in [0.25, 0.3) is 0 Å². The van der Waals surface area contributed by atoms with E-state index in [1.165, 1.54) is 0 Å². The number of rotatable bonds is 12. The second-order valence-corrected chi connectivity index (χ2v) is 5.15. The lowest BCUT2D eigenvalue weighted by molar-refractivity contribution is -0.149. The number of ketones is 1. The Bertz CT molecular complexity index is 314. The van der Waals surface area contributed by atoms with Crippen LogP contribution in [0, 0.1) is 10.8 Å². The molecule has 124 valence electrons. The molecule has 0 heterocycles. The Morgan fingerprint density at radius 1 is 1.00 bits per heavy atom. The van der Waals surface area contributed by atoms with E-state index in [1.807, 2.05) is 0 Å². The molecule has 0 saturated heterocycles. The van der Waals surface area contributed by atoms with Gasteiger partial charge in [-0.15, -0.1) is 0 Å². The summed E-state index contributed by atoms with van der Waals surface area (Å²) in [5.41, 5.74) is -2.93. The number of carbonyl (C=O) groups is 1. The van der Waals surface area contributed by atoms with Gasteiger partial charge in [0, 0.05) is 0 Å². The van der Waals surface area contributed by atoms with Crippen molar-refractivity contribution in [3.63, 3.8) is 0 Å². The standard InChI is InChI=1S/C13H24O8/c1-2-10(19)11(20)13(6-17,7-18)9-21-8-12(3-14,4-15)5-16/h2,11,14-18,20H,1,3-9H2. The third-order valence-corrected chi connectivity index (χ3v) is 3.48. The fraction of sp³-hybridized carbons (Fsp3) is 0.769. The van der Waals surface area contributed by atoms with Gasteiger partial charge in [0.2, 0.25) is 0 Å². The number of ether oxygens (including phenoxy) is 1. The molecule has 1 unspecified atom stereocenters. The number of aliphatic hydroxyl groups is 6. The summed E-state index contributed by atoms with van der Waals surface area (Å²) in [7, 11) is 0. The van der Waals surface area contributed by atoms with Crippen LogP contribution in [0.5, 0.6) is 0 Å². The van der Waals surface area contributed by atoms with Crippen LogP contribution in [0.3, 0.4) is 0 Å². The molecule has 0 radical (unpaired) electrons. The van der Waals surface area contributed by atoms with E-state index in [2.05, 4.69) is 6.58 Å². The van der Waals surface area contributed by atoms with Crippen molar-refractivity contribution in [1.82, 2.24) is 0 Å². The Hall–Kier alpha value is -0.870. The lowest BCUT2D eigenvalue weighted by Gasteiger charge is -2.35. The quantitative estimate of drug-likeness (QED) is 0.210. The summed E-state index contributed by atoms with van der Waals surface area (Å²) in [5.74, 6) is -0.778. The molecule has 0 aromatic rings. The van der Waals surface area contributed by atoms with Gasteiger partial charge < -0.3 is 35.4 Å². The Balaban J connectivity index is 4.87. The van der Waals surface area contributed by atoms with Gasteiger partial charge >= 0.3 is 0 Å². The summed E-state index contributed by atoms with van der Waals surface area (Å²) in [4.78, 5) is 11.4. The second-order valence-electron chi connectivity index (χ2n) is 5.15. The molecule has 0 aromatic heterocycles. The SMILES string of the molecule is C=CC(=O)C(O)C(CO)(CO)COCC(CO)(CO)CO. The first-order chi connectivity index (χ1) is 9.90. The van der Waals surface area contributed by atoms with Crippen molar-refractivity contribution in [2.45, 2.75) is 6.10 Å². The molecular weight excluding hydrogens is 284 g/mol. The molecule has 0 rings (SSSR count). The van der Waals surface area contributed by atoms with Crippen molar-refractivity contribution in [2.75, 3.05) is 46.2 Å². The van der Waals surface area contributed by atoms with Crippen molar-refractivity contribution >= 4 is 5.78 Å². The Morgan fingerprint density at radius 2 is 1.48 bits per heavy atom. The fourth-order valence-corrected chi connectivity index (χ4v) is 1.56. The zero-order valence-corrected chi connectivity index (χ0v) is 11.8. The Morgan fingerprint density at radius 3 is 1.81 bits per heavy atom. The van der Waals surface area contributed by atoms with Crippen LogP contribution < -0.4 is 0 Å². The second kappa shape index (κ2) is 9.21. The maximum Gasteiger partial charge on any atom is 0.184 e. The molecule has 0 aliphatic carbocycles. The van der Waals surface area contributed by atoms with E-state index >= 15 is 0 Å². The van der Waals surface area contributed by atoms with E-state index in [9.17, 15) is 20.1 Å². The summed E-state index contributed by atoms with van der Waals surface area (Å²) in [6.45, 7) is -0.570. The minimum Gasteiger partial charge on any atom is -0.396 e. The molecule has 6 N–H and O–H groups in total. The molecule has 0 aromatic carbocycles. The van der Waals surface area contributed by atoms with Crippen LogP contribution in [0.2, 0.25) is 0 Å². The highest BCUT2D eigenvalue weighted by atomic mass is 16.5. The van der Waals surface area contributed by atoms with Gasteiger partial charge in [0.15, 0.2) is 5.78 Å². The summed E-state index contributed by atoms with van der Waals surface area (Å²) in [5, 5.41) is 56.0. The number of carbonyl (C=O) groups excluding carboxylic acids is 1. The van der Waals surface area contributed by atoms with Crippen molar-refractivity contribution in [1.29, 1.82) is 0 Å². The average molecular weight is 308 g/mol. The van der Waals surface area contributed by atoms with Gasteiger partial charge in [-0.3, -0.25) is 4.79 Å². The van der Waals surface area contributed by atoms with E-state index in [4.69, 9.17) is 20.1 Å². The minimum absolute atomic E-state index is 0.284. The van der Waals surface area contributed by atoms with Crippen LogP contribution >= 0.6 is 0 Å². The normalized spacial score (nSPS) is 14.0. The summed E-state index contributed by atoms with van der Waals surface area (Å²) < 4.78 is 5.19. The summed E-state index contributed by atoms with van der Waals surface area (Å²) in [6, 6.07) is 0. The monoisotopic (exact) mass is 308 g/mol. The first-order valence-corrected chi connectivity index (χ1v) is 6.37. The highest BCUT2D eigenvalue weighted by Gasteiger charge is 2.41. The smallest absolute Gasteiger partial charge is 0.184 e. The third-order valence-electron chi connectivity index (χ3n) is 3.48. The molecule has 0 amide bonds. The molecule has 21 heavy (non-hydrogen) atoms. The first-order valence-electron chi connectivity index (χ1n) is 6.37. The van der Waals surface area contributed by atoms with E-state index in [1.54, 1.807) is 0 Å². The lowest BCUT2D eigenvalue weighted by Crippen LogP contribution is -2.50. The average Bonchev–Trinajstić information content (AvgIpc) is 2.55. The highest BCUT2D eigenvalue weighted by Crippen LogP contribution is 2.25. The Labute approximate surface area is 122 Å². The molecular formula is C13H24O8. The van der Waals surface area contributed by atoms with Gasteiger partial charge in [0.1, 0.15) is 6.10 Å². The topological polar surface area (TPSA) is 148 Å². The van der Waals surface area contributed by atoms with E-state index < -0.39 is 62.4 Å². The van der Waals surface area contributed by atoms with E-state index in [0.717, 1.165) is 6.08 Å². The Kier molecular flexibility index (Phi) is 8.83. The third kappa shape index (κ3) is 4.82. The minimum atomic E-state index is -1.71. The van der Waals surface area contributed by atoms with Crippen LogP contribution in [0.15, 0.2) is 12.7 Å². The van der Waals surface area contributed by atoms with Crippen molar-refractivity contribution in [3.05, 3.63) is 12.7 Å². The predicted octanol–water partition coefficient (Wildman–Crippen LogP) is -2.95. The molecule has 0 aliphatic heterocycles. The maximum absolute atomic E-state index is 11.4. The van der Waals surface area contributed by atoms with Crippen LogP contribution in [0.4, 0.5) is 0 Å². The molecule has 0 saturated carbocycles. The lowest BCUT2D eigenvalue weighted by atomic mass is 9.82. The van der Waals surface area contributed by atoms with Crippen LogP contribution in [-0.4, -0.2) is 88.8 Å². The van der Waals surface area contributed by atoms with Crippen LogP contribution in [-0.2, 0) is 9.53 Å². The summed E-state index contributed by atoms with van der Waals surface area (Å²) in [6.07, 6.45) is -0.846. The molecule has 0 aliphatic rings. The summed E-state index contributed by atoms with van der Waals surface area (Å²) >= 11 is 0. The van der Waals surface area contributed by atoms with Crippen molar-refractivity contribution < 1.29 is 40.2 Å². The van der Waals surface area contributed by atoms with Crippen LogP contribution in [0.1, 0.15) is 0 Å². The van der Waals surface area contributed by atoms with Gasteiger partial charge in [-0.2, -0.15) is 0 Å². The molecule has 0 fully saturated rings. The maximum atomic E-state index is 11.4. The van der Waals surface area contributed by atoms with Gasteiger partial charge in [0.05, 0.1) is 57.1 Å². The highest BCUT2D eigenvalue weighted by molar-refractivity contribution is 5.93. The zero-order chi connectivity index (χ0) is 16.5. The predicted molar refractivity (Wildman–Crippen MR) is 72.3 cm³/mol. The first kappa shape index (κ1) is 20.1. The molecule has 0 bridgehead atoms. The largest absolute Gasteiger partial charge is 0.396 e. The zero-order valence-electron chi connectivity index (χ0n) is 11.8. The van der Waals surface area contributed by atoms with E-state index in [-0.39, 0.29) is 6.61 Å². The number of aliphatic hydroxyl groups excluding tert-OH is 6. The van der Waals surface area contributed by atoms with Gasteiger partial charge in [-0.1, -0.05) is 6.58 Å². The van der Waals surface area contributed by atoms with Crippen molar-refractivity contribution in [2.24, 2.45) is 10.8 Å².